The quantitative estimate of drug-likeness (QED) is 0.202. The minimum Gasteiger partial charge on any atom is -0.459 e. The van der Waals surface area contributed by atoms with Gasteiger partial charge in [-0.15, -0.1) is 0 Å². The third-order valence-electron chi connectivity index (χ3n) is 7.74. The van der Waals surface area contributed by atoms with E-state index >= 15 is 0 Å². The number of fused-ring (bicyclic) bond motifs is 2. The van der Waals surface area contributed by atoms with E-state index in [4.69, 9.17) is 23.7 Å². The Balaban J connectivity index is 1.64. The first-order chi connectivity index (χ1) is 15.4. The Bertz CT molecular complexity index is 908. The molecule has 0 saturated carbocycles. The number of ether oxygens (including phenoxy) is 5. The minimum atomic E-state index is -0.985. The van der Waals surface area contributed by atoms with Crippen molar-refractivity contribution in [2.24, 2.45) is 11.8 Å². The Labute approximate surface area is 194 Å². The van der Waals surface area contributed by atoms with Crippen molar-refractivity contribution in [2.45, 2.75) is 103 Å². The Morgan fingerprint density at radius 2 is 1.94 bits per heavy atom. The molecule has 0 radical (unpaired) electrons. The van der Waals surface area contributed by atoms with E-state index in [1.165, 1.54) is 0 Å². The summed E-state index contributed by atoms with van der Waals surface area (Å²) in [6.45, 7) is 15.0. The van der Waals surface area contributed by atoms with Crippen molar-refractivity contribution in [1.82, 2.24) is 0 Å². The predicted octanol–water partition coefficient (Wildman–Crippen LogP) is 3.03. The summed E-state index contributed by atoms with van der Waals surface area (Å²) in [5.74, 6) is -2.04. The standard InChI is InChI=1S/C25H34O8/c1-8-12(2)21(26)29-16-10-19-24(6,33-19)11-18(31-23(28)25(7)15(5)32-25)20-14(4)22(27)30-17(20)9-13(16)3/h9,12,15-20H,4,8,10-11H2,1-3,5-7H3/b13-9-/t12-,15-,16+,17-,18-,19-,20+,24-,25+/m1/s1. The van der Waals surface area contributed by atoms with Crippen LogP contribution in [0.25, 0.3) is 0 Å². The number of hydrogen-bond donors (Lipinski definition) is 0. The fraction of sp³-hybridized carbons (Fsp3) is 0.720. The molecule has 0 amide bonds. The number of esters is 3. The molecule has 8 heteroatoms. The average molecular weight is 463 g/mol. The second kappa shape index (κ2) is 8.24. The summed E-state index contributed by atoms with van der Waals surface area (Å²) in [4.78, 5) is 37.8. The van der Waals surface area contributed by atoms with Crippen molar-refractivity contribution in [2.75, 3.05) is 0 Å². The van der Waals surface area contributed by atoms with Crippen molar-refractivity contribution in [3.8, 4) is 0 Å². The lowest BCUT2D eigenvalue weighted by Gasteiger charge is -2.30. The first-order valence-electron chi connectivity index (χ1n) is 11.7. The fourth-order valence-electron chi connectivity index (χ4n) is 4.70. The van der Waals surface area contributed by atoms with E-state index in [1.54, 1.807) is 13.0 Å². The second-order valence-electron chi connectivity index (χ2n) is 10.2. The van der Waals surface area contributed by atoms with Crippen molar-refractivity contribution in [3.05, 3.63) is 23.8 Å². The van der Waals surface area contributed by atoms with Crippen LogP contribution in [0.3, 0.4) is 0 Å². The fourth-order valence-corrected chi connectivity index (χ4v) is 4.70. The van der Waals surface area contributed by atoms with E-state index in [1.807, 2.05) is 34.6 Å². The summed E-state index contributed by atoms with van der Waals surface area (Å²) in [6, 6.07) is 0. The van der Waals surface area contributed by atoms with Crippen LogP contribution < -0.4 is 0 Å². The van der Waals surface area contributed by atoms with Gasteiger partial charge in [-0.05, 0) is 45.8 Å². The predicted molar refractivity (Wildman–Crippen MR) is 117 cm³/mol. The van der Waals surface area contributed by atoms with Crippen LogP contribution in [-0.2, 0) is 38.1 Å². The molecule has 8 nitrogen and oxygen atoms in total. The van der Waals surface area contributed by atoms with E-state index in [-0.39, 0.29) is 29.7 Å². The molecule has 4 rings (SSSR count). The number of carbonyl (C=O) groups excluding carboxylic acids is 3. The maximum absolute atomic E-state index is 12.9. The largest absolute Gasteiger partial charge is 0.459 e. The van der Waals surface area contributed by atoms with Crippen LogP contribution in [0.5, 0.6) is 0 Å². The van der Waals surface area contributed by atoms with Crippen LogP contribution in [0.15, 0.2) is 23.8 Å². The van der Waals surface area contributed by atoms with E-state index in [2.05, 4.69) is 6.58 Å². The lowest BCUT2D eigenvalue weighted by Crippen LogP contribution is -2.40. The molecule has 9 atom stereocenters. The third kappa shape index (κ3) is 4.35. The maximum Gasteiger partial charge on any atom is 0.341 e. The third-order valence-corrected chi connectivity index (χ3v) is 7.74. The van der Waals surface area contributed by atoms with Gasteiger partial charge < -0.3 is 23.7 Å². The van der Waals surface area contributed by atoms with Gasteiger partial charge in [0.15, 0.2) is 5.60 Å². The van der Waals surface area contributed by atoms with Gasteiger partial charge in [-0.1, -0.05) is 20.4 Å². The van der Waals surface area contributed by atoms with E-state index in [9.17, 15) is 14.4 Å². The van der Waals surface area contributed by atoms with Crippen molar-refractivity contribution < 1.29 is 38.1 Å². The van der Waals surface area contributed by atoms with Gasteiger partial charge in [0.2, 0.25) is 0 Å². The van der Waals surface area contributed by atoms with E-state index in [0.717, 1.165) is 5.57 Å². The smallest absolute Gasteiger partial charge is 0.341 e. The molecule has 4 aliphatic rings. The molecular weight excluding hydrogens is 428 g/mol. The number of rotatable bonds is 5. The molecule has 0 N–H and O–H groups in total. The molecule has 0 aromatic heterocycles. The van der Waals surface area contributed by atoms with Gasteiger partial charge in [0, 0.05) is 18.4 Å². The first kappa shape index (κ1) is 24.0. The monoisotopic (exact) mass is 462 g/mol. The highest BCUT2D eigenvalue weighted by molar-refractivity contribution is 5.91. The first-order valence-corrected chi connectivity index (χ1v) is 11.7. The van der Waals surface area contributed by atoms with Crippen LogP contribution in [0, 0.1) is 11.8 Å². The molecule has 3 fully saturated rings. The highest BCUT2D eigenvalue weighted by atomic mass is 16.7. The molecule has 1 aliphatic carbocycles. The SMILES string of the molecule is C=C1C(=O)O[C@@H]2/C=C(/C)[C@@H](OC(=O)[C@H](C)CC)C[C@H]3O[C@]3(C)C[C@@H](OC(=O)[C@@]3(C)O[C@@H]3C)[C@@H]12. The van der Waals surface area contributed by atoms with E-state index in [0.29, 0.717) is 19.3 Å². The van der Waals surface area contributed by atoms with Crippen LogP contribution >= 0.6 is 0 Å². The lowest BCUT2D eigenvalue weighted by atomic mass is 9.82. The van der Waals surface area contributed by atoms with Crippen LogP contribution in [0.2, 0.25) is 0 Å². The van der Waals surface area contributed by atoms with Gasteiger partial charge in [0.25, 0.3) is 0 Å². The summed E-state index contributed by atoms with van der Waals surface area (Å²) in [5.41, 5.74) is -0.551. The molecule has 33 heavy (non-hydrogen) atoms. The van der Waals surface area contributed by atoms with Crippen molar-refractivity contribution >= 4 is 17.9 Å². The van der Waals surface area contributed by atoms with Gasteiger partial charge in [0.1, 0.15) is 18.3 Å². The molecule has 0 spiro atoms. The normalized spacial score (nSPS) is 44.4. The van der Waals surface area contributed by atoms with Gasteiger partial charge in [0.05, 0.1) is 29.6 Å². The molecule has 3 aliphatic heterocycles. The summed E-state index contributed by atoms with van der Waals surface area (Å²) >= 11 is 0. The van der Waals surface area contributed by atoms with Crippen LogP contribution in [0.4, 0.5) is 0 Å². The van der Waals surface area contributed by atoms with E-state index < -0.39 is 47.4 Å². The highest BCUT2D eigenvalue weighted by Crippen LogP contribution is 2.49. The number of carbonyl (C=O) groups is 3. The van der Waals surface area contributed by atoms with Crippen molar-refractivity contribution in [1.29, 1.82) is 0 Å². The Hall–Kier alpha value is -2.19. The lowest BCUT2D eigenvalue weighted by molar-refractivity contribution is -0.159. The molecule has 3 saturated heterocycles. The summed E-state index contributed by atoms with van der Waals surface area (Å²) in [5, 5.41) is 0. The van der Waals surface area contributed by atoms with Gasteiger partial charge >= 0.3 is 17.9 Å². The summed E-state index contributed by atoms with van der Waals surface area (Å²) in [7, 11) is 0. The Kier molecular flexibility index (Phi) is 5.98. The highest BCUT2D eigenvalue weighted by Gasteiger charge is 2.61. The van der Waals surface area contributed by atoms with Crippen LogP contribution in [0.1, 0.15) is 60.8 Å². The Morgan fingerprint density at radius 1 is 1.27 bits per heavy atom. The second-order valence-corrected chi connectivity index (χ2v) is 10.2. The van der Waals surface area contributed by atoms with Crippen molar-refractivity contribution in [3.63, 3.8) is 0 Å². The average Bonchev–Trinajstić information content (AvgIpc) is 3.55. The zero-order valence-corrected chi connectivity index (χ0v) is 20.2. The molecule has 182 valence electrons. The van der Waals surface area contributed by atoms with Crippen LogP contribution in [-0.4, -0.2) is 59.6 Å². The number of hydrogen-bond acceptors (Lipinski definition) is 8. The topological polar surface area (TPSA) is 104 Å². The molecular formula is C25H34O8. The number of epoxide rings is 2. The van der Waals surface area contributed by atoms with Gasteiger partial charge in [-0.2, -0.15) is 0 Å². The summed E-state index contributed by atoms with van der Waals surface area (Å²) < 4.78 is 28.8. The van der Waals surface area contributed by atoms with Gasteiger partial charge in [-0.3, -0.25) is 4.79 Å². The minimum absolute atomic E-state index is 0.175. The summed E-state index contributed by atoms with van der Waals surface area (Å²) in [6.07, 6.45) is 1.06. The molecule has 3 heterocycles. The molecule has 0 unspecified atom stereocenters. The van der Waals surface area contributed by atoms with Gasteiger partial charge in [-0.25, -0.2) is 9.59 Å². The zero-order valence-electron chi connectivity index (χ0n) is 20.2. The molecule has 0 bridgehead atoms. The zero-order chi connectivity index (χ0) is 24.3. The Morgan fingerprint density at radius 3 is 2.55 bits per heavy atom. The maximum atomic E-state index is 12.9. The molecule has 0 aromatic rings. The molecule has 0 aromatic carbocycles.